The number of carbonyl (C=O) groups is 1. The maximum absolute atomic E-state index is 13.0. The number of hydrogen-bond acceptors (Lipinski definition) is 5. The standard InChI is InChI=1S/C26H32O5/c1-14-16(15-7-10-29-12-15)11-17-20(14)26(4)18(6-9-27)24(2)8-5-19(28)25(3)13-30-21(22(24)25)23(26)31-17/h5,7-8,10,12,16-18,21-23,27H,6,9,11,13H2,1-4H3/t16-,17-,18-,21?,22?,23-,24-,25-,26-/m1/s1. The summed E-state index contributed by atoms with van der Waals surface area (Å²) in [5.74, 6) is 0.698. The highest BCUT2D eigenvalue weighted by molar-refractivity contribution is 5.96. The van der Waals surface area contributed by atoms with Crippen LogP contribution in [-0.4, -0.2) is 42.4 Å². The summed E-state index contributed by atoms with van der Waals surface area (Å²) < 4.78 is 18.6. The number of fused-ring (bicyclic) bond motifs is 4. The zero-order valence-electron chi connectivity index (χ0n) is 18.8. The second-order valence-electron chi connectivity index (χ2n) is 11.1. The SMILES string of the molecule is CC1=C2[C@@H](C[C@H]1c1ccoc1)O[C@@H]1C3OC[C@]4(C)C(=O)C=C[C@@](C)(C34)[C@@H](CCO)[C@]21C. The van der Waals surface area contributed by atoms with E-state index in [-0.39, 0.29) is 53.4 Å². The summed E-state index contributed by atoms with van der Waals surface area (Å²) in [5.41, 5.74) is 2.96. The van der Waals surface area contributed by atoms with Crippen LogP contribution in [0, 0.1) is 28.1 Å². The number of ketones is 1. The Balaban J connectivity index is 1.54. The lowest BCUT2D eigenvalue weighted by Crippen LogP contribution is -2.64. The summed E-state index contributed by atoms with van der Waals surface area (Å²) in [5, 5.41) is 10.1. The minimum Gasteiger partial charge on any atom is -0.472 e. The molecular formula is C26H32O5. The van der Waals surface area contributed by atoms with Gasteiger partial charge in [-0.1, -0.05) is 25.5 Å². The fourth-order valence-electron chi connectivity index (χ4n) is 8.59. The van der Waals surface area contributed by atoms with E-state index in [1.807, 2.05) is 6.26 Å². The van der Waals surface area contributed by atoms with Crippen LogP contribution in [0.4, 0.5) is 0 Å². The lowest BCUT2D eigenvalue weighted by molar-refractivity contribution is -0.173. The first-order valence-electron chi connectivity index (χ1n) is 11.6. The van der Waals surface area contributed by atoms with Gasteiger partial charge in [-0.05, 0) is 61.3 Å². The van der Waals surface area contributed by atoms with Crippen molar-refractivity contribution in [1.29, 1.82) is 0 Å². The Labute approximate surface area is 183 Å². The van der Waals surface area contributed by atoms with Gasteiger partial charge in [0.1, 0.15) is 0 Å². The van der Waals surface area contributed by atoms with Gasteiger partial charge >= 0.3 is 0 Å². The Morgan fingerprint density at radius 1 is 1.26 bits per heavy atom. The molecule has 0 bridgehead atoms. The van der Waals surface area contributed by atoms with E-state index in [1.165, 1.54) is 16.7 Å². The van der Waals surface area contributed by atoms with Crippen molar-refractivity contribution in [2.75, 3.05) is 13.2 Å². The van der Waals surface area contributed by atoms with Crippen molar-refractivity contribution in [3.8, 4) is 0 Å². The monoisotopic (exact) mass is 424 g/mol. The molecule has 0 amide bonds. The minimum absolute atomic E-state index is 0.0509. The lowest BCUT2D eigenvalue weighted by Gasteiger charge is -2.60. The van der Waals surface area contributed by atoms with E-state index in [9.17, 15) is 9.90 Å². The van der Waals surface area contributed by atoms with Crippen LogP contribution in [0.5, 0.6) is 0 Å². The normalized spacial score (nSPS) is 50.0. The van der Waals surface area contributed by atoms with Gasteiger partial charge in [-0.25, -0.2) is 0 Å². The number of rotatable bonds is 3. The Bertz CT molecular complexity index is 991. The molecular weight excluding hydrogens is 392 g/mol. The summed E-state index contributed by atoms with van der Waals surface area (Å²) in [7, 11) is 0. The fraction of sp³-hybridized carbons (Fsp3) is 0.654. The molecule has 6 rings (SSSR count). The highest BCUT2D eigenvalue weighted by Gasteiger charge is 2.74. The van der Waals surface area contributed by atoms with E-state index in [0.29, 0.717) is 18.9 Å². The van der Waals surface area contributed by atoms with Crippen molar-refractivity contribution in [2.45, 2.75) is 64.8 Å². The highest BCUT2D eigenvalue weighted by atomic mass is 16.6. The predicted octanol–water partition coefficient (Wildman–Crippen LogP) is 4.04. The average molecular weight is 425 g/mol. The molecule has 0 aromatic carbocycles. The summed E-state index contributed by atoms with van der Waals surface area (Å²) in [6.45, 7) is 9.50. The molecule has 0 spiro atoms. The zero-order valence-corrected chi connectivity index (χ0v) is 18.8. The number of aliphatic hydroxyl groups is 1. The summed E-state index contributed by atoms with van der Waals surface area (Å²) in [6, 6.07) is 2.06. The first-order chi connectivity index (χ1) is 14.8. The summed E-state index contributed by atoms with van der Waals surface area (Å²) in [6.07, 6.45) is 8.96. The maximum Gasteiger partial charge on any atom is 0.163 e. The van der Waals surface area contributed by atoms with Crippen LogP contribution in [0.25, 0.3) is 0 Å². The van der Waals surface area contributed by atoms with Crippen LogP contribution in [0.1, 0.15) is 52.0 Å². The highest BCUT2D eigenvalue weighted by Crippen LogP contribution is 2.71. The van der Waals surface area contributed by atoms with E-state index < -0.39 is 5.41 Å². The molecule has 5 aliphatic rings. The molecule has 5 nitrogen and oxygen atoms in total. The van der Waals surface area contributed by atoms with E-state index in [1.54, 1.807) is 12.3 Å². The maximum atomic E-state index is 13.0. The molecule has 3 aliphatic carbocycles. The predicted molar refractivity (Wildman–Crippen MR) is 114 cm³/mol. The topological polar surface area (TPSA) is 68.9 Å². The Kier molecular flexibility index (Phi) is 4.00. The van der Waals surface area contributed by atoms with Crippen LogP contribution in [0.2, 0.25) is 0 Å². The Hall–Kier alpha value is -1.69. The van der Waals surface area contributed by atoms with Gasteiger partial charge in [0.15, 0.2) is 5.78 Å². The van der Waals surface area contributed by atoms with Crippen LogP contribution in [0.15, 0.2) is 46.3 Å². The first kappa shape index (κ1) is 20.0. The smallest absolute Gasteiger partial charge is 0.163 e. The third kappa shape index (κ3) is 2.20. The molecule has 1 aromatic rings. The van der Waals surface area contributed by atoms with Gasteiger partial charge < -0.3 is 19.0 Å². The fourth-order valence-corrected chi connectivity index (χ4v) is 8.59. The molecule has 1 N–H and O–H groups in total. The van der Waals surface area contributed by atoms with Gasteiger partial charge in [0.05, 0.1) is 42.9 Å². The number of aliphatic hydroxyl groups excluding tert-OH is 1. The third-order valence-corrected chi connectivity index (χ3v) is 9.76. The van der Waals surface area contributed by atoms with Gasteiger partial charge in [0, 0.05) is 23.9 Å². The molecule has 9 atom stereocenters. The van der Waals surface area contributed by atoms with E-state index >= 15 is 0 Å². The van der Waals surface area contributed by atoms with Gasteiger partial charge in [0.25, 0.3) is 0 Å². The van der Waals surface area contributed by atoms with E-state index in [2.05, 4.69) is 39.8 Å². The van der Waals surface area contributed by atoms with Crippen molar-refractivity contribution in [3.05, 3.63) is 47.5 Å². The van der Waals surface area contributed by atoms with Crippen molar-refractivity contribution >= 4 is 5.78 Å². The number of allylic oxidation sites excluding steroid dienone is 3. The summed E-state index contributed by atoms with van der Waals surface area (Å²) in [4.78, 5) is 13.0. The largest absolute Gasteiger partial charge is 0.472 e. The zero-order chi connectivity index (χ0) is 21.8. The average Bonchev–Trinajstić information content (AvgIpc) is 3.48. The molecule has 166 valence electrons. The molecule has 1 saturated carbocycles. The number of furan rings is 1. The Morgan fingerprint density at radius 3 is 2.77 bits per heavy atom. The number of carbonyl (C=O) groups excluding carboxylic acids is 1. The van der Waals surface area contributed by atoms with Gasteiger partial charge in [0.2, 0.25) is 0 Å². The molecule has 2 unspecified atom stereocenters. The molecule has 2 aliphatic heterocycles. The first-order valence-corrected chi connectivity index (χ1v) is 11.6. The Morgan fingerprint density at radius 2 is 2.06 bits per heavy atom. The molecule has 0 radical (unpaired) electrons. The van der Waals surface area contributed by atoms with Crippen molar-refractivity contribution in [1.82, 2.24) is 0 Å². The van der Waals surface area contributed by atoms with Gasteiger partial charge in [-0.2, -0.15) is 0 Å². The van der Waals surface area contributed by atoms with Crippen LogP contribution in [-0.2, 0) is 14.3 Å². The molecule has 5 heteroatoms. The van der Waals surface area contributed by atoms with Crippen molar-refractivity contribution < 1.29 is 23.8 Å². The van der Waals surface area contributed by atoms with Crippen LogP contribution in [0.3, 0.4) is 0 Å². The summed E-state index contributed by atoms with van der Waals surface area (Å²) >= 11 is 0. The number of hydrogen-bond donors (Lipinski definition) is 1. The van der Waals surface area contributed by atoms with Gasteiger partial charge in [-0.3, -0.25) is 4.79 Å². The van der Waals surface area contributed by atoms with E-state index in [4.69, 9.17) is 13.9 Å². The van der Waals surface area contributed by atoms with Crippen molar-refractivity contribution in [2.24, 2.45) is 28.1 Å². The second kappa shape index (κ2) is 6.21. The van der Waals surface area contributed by atoms with Gasteiger partial charge in [-0.15, -0.1) is 0 Å². The third-order valence-electron chi connectivity index (χ3n) is 9.76. The van der Waals surface area contributed by atoms with E-state index in [0.717, 1.165) is 6.42 Å². The van der Waals surface area contributed by atoms with Crippen molar-refractivity contribution in [3.63, 3.8) is 0 Å². The molecule has 3 fully saturated rings. The minimum atomic E-state index is -0.521. The van der Waals surface area contributed by atoms with Crippen LogP contribution >= 0.6 is 0 Å². The molecule has 3 heterocycles. The lowest BCUT2D eigenvalue weighted by atomic mass is 9.42. The molecule has 2 saturated heterocycles. The second-order valence-corrected chi connectivity index (χ2v) is 11.1. The molecule has 31 heavy (non-hydrogen) atoms. The quantitative estimate of drug-likeness (QED) is 0.742. The molecule has 1 aromatic heterocycles. The number of ether oxygens (including phenoxy) is 2. The van der Waals surface area contributed by atoms with Crippen LogP contribution < -0.4 is 0 Å².